The monoisotopic (exact) mass is 603 g/mol. The third-order valence-electron chi connectivity index (χ3n) is 6.32. The van der Waals surface area contributed by atoms with Gasteiger partial charge >= 0.3 is 57.7 Å². The Hall–Kier alpha value is -1.17. The van der Waals surface area contributed by atoms with Gasteiger partial charge in [0.15, 0.2) is 0 Å². The van der Waals surface area contributed by atoms with Gasteiger partial charge in [-0.05, 0) is 0 Å². The molecular formula is C31H39BKNO6S. The van der Waals surface area contributed by atoms with Crippen LogP contribution in [0.1, 0.15) is 0 Å². The van der Waals surface area contributed by atoms with E-state index in [-0.39, 0.29) is 51.4 Å². The molecule has 0 spiro atoms. The number of ether oxygens (including phenoxy) is 6. The van der Waals surface area contributed by atoms with Crippen LogP contribution in [-0.4, -0.2) is 85.6 Å². The molecule has 1 aliphatic rings. The Morgan fingerprint density at radius 2 is 0.659 bits per heavy atom. The van der Waals surface area contributed by atoms with Crippen molar-refractivity contribution in [3.05, 3.63) is 95.8 Å². The predicted molar refractivity (Wildman–Crippen MR) is 164 cm³/mol. The predicted octanol–water partition coefficient (Wildman–Crippen LogP) is -0.406. The van der Waals surface area contributed by atoms with Crippen LogP contribution in [0.25, 0.3) is 4.76 Å². The summed E-state index contributed by atoms with van der Waals surface area (Å²) in [5, 5.41) is 2.64. The SMILES string of the molecule is C1COCCOCCOCCOCCOCCO1.[K+].[S-]C#[N+][B-](c1ccccc1)(c1ccccc1)c1ccccc1. The fraction of sp³-hybridized carbons (Fsp3) is 0.387. The van der Waals surface area contributed by atoms with Crippen LogP contribution < -0.4 is 67.8 Å². The van der Waals surface area contributed by atoms with Crippen molar-refractivity contribution in [2.24, 2.45) is 0 Å². The van der Waals surface area contributed by atoms with Crippen molar-refractivity contribution in [1.82, 2.24) is 0 Å². The van der Waals surface area contributed by atoms with E-state index in [1.807, 2.05) is 54.6 Å². The van der Waals surface area contributed by atoms with Gasteiger partial charge in [0.25, 0.3) is 0 Å². The van der Waals surface area contributed by atoms with Gasteiger partial charge in [-0.1, -0.05) is 91.0 Å². The minimum Gasteiger partial charge on any atom is -0.650 e. The smallest absolute Gasteiger partial charge is 0.650 e. The van der Waals surface area contributed by atoms with Gasteiger partial charge in [-0.15, -0.1) is 16.4 Å². The van der Waals surface area contributed by atoms with Gasteiger partial charge < -0.3 is 45.8 Å². The summed E-state index contributed by atoms with van der Waals surface area (Å²) >= 11 is 5.00. The summed E-state index contributed by atoms with van der Waals surface area (Å²) in [6.45, 7) is 7.04. The molecule has 0 bridgehead atoms. The molecular weight excluding hydrogens is 564 g/mol. The molecule has 0 unspecified atom stereocenters. The Balaban J connectivity index is 0.000000286. The van der Waals surface area contributed by atoms with E-state index in [2.05, 4.69) is 41.8 Å². The molecule has 0 N–H and O–H groups in total. The van der Waals surface area contributed by atoms with Crippen LogP contribution in [0.4, 0.5) is 0 Å². The standard InChI is InChI=1S/C19H16BNS.C12H24O6.K/c22-16-21-20(17-10-4-1-5-11-17,18-12-6-2-7-13-18)19-14-8-3-9-15-19;1-2-14-5-6-16-9-10-18-12-11-17-8-7-15-4-3-13-1;/h1-15,22H;1-12H2;/q;;+1/p-1. The molecule has 0 aliphatic carbocycles. The van der Waals surface area contributed by atoms with E-state index in [4.69, 9.17) is 45.8 Å². The molecule has 0 atom stereocenters. The zero-order valence-electron chi connectivity index (χ0n) is 24.0. The average molecular weight is 604 g/mol. The molecule has 1 heterocycles. The number of hydrogen-bond donors (Lipinski definition) is 0. The number of rotatable bonds is 3. The van der Waals surface area contributed by atoms with Crippen molar-refractivity contribution >= 4 is 35.3 Å². The Morgan fingerprint density at radius 3 is 0.854 bits per heavy atom. The van der Waals surface area contributed by atoms with Gasteiger partial charge in [0, 0.05) is 0 Å². The summed E-state index contributed by atoms with van der Waals surface area (Å²) < 4.78 is 36.7. The Kier molecular flexibility index (Phi) is 20.5. The van der Waals surface area contributed by atoms with Gasteiger partial charge in [-0.25, -0.2) is 0 Å². The fourth-order valence-electron chi connectivity index (χ4n) is 4.39. The molecule has 0 radical (unpaired) electrons. The molecule has 0 saturated carbocycles. The first-order valence-electron chi connectivity index (χ1n) is 13.7. The molecule has 10 heteroatoms. The maximum absolute atomic E-state index is 5.33. The second-order valence-corrected chi connectivity index (χ2v) is 9.13. The van der Waals surface area contributed by atoms with Gasteiger partial charge in [-0.2, -0.15) is 0 Å². The van der Waals surface area contributed by atoms with Crippen molar-refractivity contribution in [3.8, 4) is 5.40 Å². The van der Waals surface area contributed by atoms with E-state index in [1.54, 1.807) is 0 Å². The van der Waals surface area contributed by atoms with E-state index >= 15 is 0 Å². The van der Waals surface area contributed by atoms with Crippen LogP contribution >= 0.6 is 0 Å². The zero-order chi connectivity index (χ0) is 28.0. The summed E-state index contributed by atoms with van der Waals surface area (Å²) in [6, 6.07) is 30.9. The van der Waals surface area contributed by atoms with Crippen LogP contribution in [0.5, 0.6) is 0 Å². The summed E-state index contributed by atoms with van der Waals surface area (Å²) in [5.41, 5.74) is 3.41. The molecule has 3 aromatic rings. The molecule has 1 saturated heterocycles. The Morgan fingerprint density at radius 1 is 0.439 bits per heavy atom. The molecule has 1 fully saturated rings. The third-order valence-corrected chi connectivity index (χ3v) is 6.43. The van der Waals surface area contributed by atoms with E-state index in [1.165, 1.54) is 0 Å². The topological polar surface area (TPSA) is 59.7 Å². The second-order valence-electron chi connectivity index (χ2n) is 8.95. The number of benzene rings is 3. The number of thiocyanates is 1. The van der Waals surface area contributed by atoms with Crippen molar-refractivity contribution in [3.63, 3.8) is 0 Å². The molecule has 4 rings (SSSR count). The molecule has 1 aliphatic heterocycles. The number of nitrogens with zero attached hydrogens (tertiary/aromatic N) is 1. The average Bonchev–Trinajstić information content (AvgIpc) is 3.01. The Labute approximate surface area is 292 Å². The maximum Gasteiger partial charge on any atom is 1.00 e. The summed E-state index contributed by atoms with van der Waals surface area (Å²) in [5.74, 6) is 0. The van der Waals surface area contributed by atoms with E-state index in [0.717, 1.165) is 16.4 Å². The van der Waals surface area contributed by atoms with Crippen LogP contribution in [0, 0.1) is 5.40 Å². The first kappa shape index (κ1) is 36.0. The van der Waals surface area contributed by atoms with Crippen LogP contribution in [0.2, 0.25) is 0 Å². The minimum atomic E-state index is -1.50. The first-order valence-corrected chi connectivity index (χ1v) is 14.2. The fourth-order valence-corrected chi connectivity index (χ4v) is 4.55. The normalized spacial score (nSPS) is 16.2. The molecule has 214 valence electrons. The number of hydrogen-bond acceptors (Lipinski definition) is 7. The summed E-state index contributed by atoms with van der Waals surface area (Å²) in [6.07, 6.45) is -1.50. The van der Waals surface area contributed by atoms with Crippen LogP contribution in [0.15, 0.2) is 91.0 Å². The van der Waals surface area contributed by atoms with E-state index in [9.17, 15) is 0 Å². The first-order chi connectivity index (χ1) is 19.9. The van der Waals surface area contributed by atoms with E-state index in [0.29, 0.717) is 79.3 Å². The molecule has 0 amide bonds. The molecule has 3 aromatic carbocycles. The molecule has 7 nitrogen and oxygen atoms in total. The van der Waals surface area contributed by atoms with Crippen LogP contribution in [0.3, 0.4) is 0 Å². The van der Waals surface area contributed by atoms with Crippen molar-refractivity contribution in [2.45, 2.75) is 0 Å². The van der Waals surface area contributed by atoms with E-state index < -0.39 is 6.28 Å². The quantitative estimate of drug-likeness (QED) is 0.230. The Bertz CT molecular complexity index is 933. The largest absolute Gasteiger partial charge is 1.00 e. The minimum absolute atomic E-state index is 0. The van der Waals surface area contributed by atoms with Crippen molar-refractivity contribution in [1.29, 1.82) is 0 Å². The maximum atomic E-state index is 5.33. The van der Waals surface area contributed by atoms with Gasteiger partial charge in [-0.3, -0.25) is 0 Å². The summed E-state index contributed by atoms with van der Waals surface area (Å²) in [7, 11) is 0. The second kappa shape index (κ2) is 23.3. The van der Waals surface area contributed by atoms with Gasteiger partial charge in [0.05, 0.1) is 84.7 Å². The molecule has 0 aromatic heterocycles. The third kappa shape index (κ3) is 13.3. The van der Waals surface area contributed by atoms with Gasteiger partial charge in [0.1, 0.15) is 0 Å². The van der Waals surface area contributed by atoms with Crippen LogP contribution in [-0.2, 0) is 41.0 Å². The summed E-state index contributed by atoms with van der Waals surface area (Å²) in [4.78, 5) is 0. The van der Waals surface area contributed by atoms with Gasteiger partial charge in [0.2, 0.25) is 0 Å². The van der Waals surface area contributed by atoms with Crippen molar-refractivity contribution < 1.29 is 79.8 Å². The van der Waals surface area contributed by atoms with Crippen molar-refractivity contribution in [2.75, 3.05) is 79.3 Å². The molecule has 41 heavy (non-hydrogen) atoms. The zero-order valence-corrected chi connectivity index (χ0v) is 28.0.